The average Bonchev–Trinajstić information content (AvgIpc) is 2.37. The van der Waals surface area contributed by atoms with E-state index in [0.717, 1.165) is 29.8 Å². The molecule has 0 fully saturated rings. The van der Waals surface area contributed by atoms with Gasteiger partial charge in [0.05, 0.1) is 13.7 Å². The molecule has 0 heterocycles. The molecule has 0 unspecified atom stereocenters. The Morgan fingerprint density at radius 3 is 2.44 bits per heavy atom. The summed E-state index contributed by atoms with van der Waals surface area (Å²) in [7, 11) is 1.67. The van der Waals surface area contributed by atoms with Gasteiger partial charge in [-0.25, -0.2) is 0 Å². The predicted molar refractivity (Wildman–Crippen MR) is 79.9 cm³/mol. The minimum absolute atomic E-state index is 0.745. The zero-order chi connectivity index (χ0) is 13.2. The van der Waals surface area contributed by atoms with Crippen molar-refractivity contribution in [3.05, 3.63) is 24.3 Å². The van der Waals surface area contributed by atoms with Gasteiger partial charge in [0.1, 0.15) is 0 Å². The van der Waals surface area contributed by atoms with Crippen molar-refractivity contribution >= 4 is 11.8 Å². The van der Waals surface area contributed by atoms with Crippen molar-refractivity contribution in [1.82, 2.24) is 0 Å². The van der Waals surface area contributed by atoms with Crippen LogP contribution >= 0.6 is 11.8 Å². The second-order valence-corrected chi connectivity index (χ2v) is 6.16. The van der Waals surface area contributed by atoms with Crippen LogP contribution in [0, 0.1) is 0 Å². The van der Waals surface area contributed by atoms with Crippen LogP contribution in [-0.2, 0) is 0 Å². The molecule has 0 saturated heterocycles. The summed E-state index contributed by atoms with van der Waals surface area (Å²) in [6.07, 6.45) is 3.61. The first-order chi connectivity index (χ1) is 8.74. The number of hydrogen-bond acceptors (Lipinski definition) is 3. The van der Waals surface area contributed by atoms with Gasteiger partial charge in [0.2, 0.25) is 0 Å². The van der Waals surface area contributed by atoms with Crippen molar-refractivity contribution in [1.29, 1.82) is 0 Å². The molecule has 0 spiro atoms. The Labute approximate surface area is 115 Å². The van der Waals surface area contributed by atoms with Gasteiger partial charge in [0.15, 0.2) is 11.5 Å². The van der Waals surface area contributed by atoms with E-state index in [1.54, 1.807) is 7.11 Å². The molecule has 2 nitrogen and oxygen atoms in total. The number of unbranched alkanes of at least 4 members (excludes halogenated alkanes) is 2. The molecular weight excluding hydrogens is 244 g/mol. The number of hydrogen-bond donors (Lipinski definition) is 0. The van der Waals surface area contributed by atoms with E-state index in [1.807, 2.05) is 36.0 Å². The van der Waals surface area contributed by atoms with Crippen LogP contribution in [0.15, 0.2) is 24.3 Å². The lowest BCUT2D eigenvalue weighted by atomic mass is 10.2. The molecule has 0 atom stereocenters. The van der Waals surface area contributed by atoms with Crippen LogP contribution in [0.2, 0.25) is 0 Å². The topological polar surface area (TPSA) is 18.5 Å². The van der Waals surface area contributed by atoms with E-state index in [9.17, 15) is 0 Å². The maximum atomic E-state index is 5.72. The van der Waals surface area contributed by atoms with Crippen LogP contribution in [-0.4, -0.2) is 24.7 Å². The molecule has 18 heavy (non-hydrogen) atoms. The number of rotatable bonds is 9. The molecule has 1 aromatic carbocycles. The van der Waals surface area contributed by atoms with Crippen LogP contribution in [0.3, 0.4) is 0 Å². The Bertz CT molecular complexity index is 326. The summed E-state index contributed by atoms with van der Waals surface area (Å²) >= 11 is 2.03. The fourth-order valence-corrected chi connectivity index (χ4v) is 2.46. The maximum absolute atomic E-state index is 5.72. The molecule has 0 aliphatic heterocycles. The molecule has 0 bridgehead atoms. The van der Waals surface area contributed by atoms with E-state index in [2.05, 4.69) is 13.8 Å². The summed E-state index contributed by atoms with van der Waals surface area (Å²) in [5.41, 5.74) is 0. The Balaban J connectivity index is 2.10. The van der Waals surface area contributed by atoms with E-state index >= 15 is 0 Å². The van der Waals surface area contributed by atoms with Gasteiger partial charge in [-0.15, -0.1) is 0 Å². The number of methoxy groups -OCH3 is 1. The number of thioether (sulfide) groups is 1. The van der Waals surface area contributed by atoms with E-state index in [1.165, 1.54) is 18.6 Å². The SMILES string of the molecule is COc1ccccc1OCCCCCSC(C)C. The smallest absolute Gasteiger partial charge is 0.161 e. The first-order valence-corrected chi connectivity index (χ1v) is 7.66. The minimum atomic E-state index is 0.745. The fraction of sp³-hybridized carbons (Fsp3) is 0.600. The molecular formula is C15H24O2S. The normalized spacial score (nSPS) is 10.7. The monoisotopic (exact) mass is 268 g/mol. The molecule has 1 rings (SSSR count). The maximum Gasteiger partial charge on any atom is 0.161 e. The molecule has 0 N–H and O–H groups in total. The molecule has 0 aliphatic rings. The summed E-state index contributed by atoms with van der Waals surface area (Å²) in [4.78, 5) is 0. The van der Waals surface area contributed by atoms with Gasteiger partial charge >= 0.3 is 0 Å². The van der Waals surface area contributed by atoms with Crippen LogP contribution in [0.4, 0.5) is 0 Å². The lowest BCUT2D eigenvalue weighted by Gasteiger charge is -2.10. The largest absolute Gasteiger partial charge is 0.493 e. The molecule has 1 aromatic rings. The van der Waals surface area contributed by atoms with Crippen LogP contribution in [0.5, 0.6) is 11.5 Å². The van der Waals surface area contributed by atoms with Crippen molar-refractivity contribution in [2.75, 3.05) is 19.5 Å². The van der Waals surface area contributed by atoms with Gasteiger partial charge in [0.25, 0.3) is 0 Å². The van der Waals surface area contributed by atoms with E-state index in [-0.39, 0.29) is 0 Å². The molecule has 0 amide bonds. The summed E-state index contributed by atoms with van der Waals surface area (Å²) in [5.74, 6) is 2.91. The van der Waals surface area contributed by atoms with Crippen LogP contribution < -0.4 is 9.47 Å². The summed E-state index contributed by atoms with van der Waals surface area (Å²) in [6, 6.07) is 7.80. The molecule has 3 heteroatoms. The first-order valence-electron chi connectivity index (χ1n) is 6.61. The predicted octanol–water partition coefficient (Wildman–Crippen LogP) is 4.39. The Morgan fingerprint density at radius 1 is 1.06 bits per heavy atom. The van der Waals surface area contributed by atoms with Crippen molar-refractivity contribution < 1.29 is 9.47 Å². The van der Waals surface area contributed by atoms with Gasteiger partial charge in [-0.3, -0.25) is 0 Å². The number of para-hydroxylation sites is 2. The van der Waals surface area contributed by atoms with Crippen LogP contribution in [0.25, 0.3) is 0 Å². The molecule has 0 aromatic heterocycles. The Hall–Kier alpha value is -0.830. The lowest BCUT2D eigenvalue weighted by Crippen LogP contribution is -1.99. The van der Waals surface area contributed by atoms with E-state index in [4.69, 9.17) is 9.47 Å². The summed E-state index contributed by atoms with van der Waals surface area (Å²) < 4.78 is 11.0. The number of benzene rings is 1. The molecule has 0 radical (unpaired) electrons. The van der Waals surface area contributed by atoms with E-state index < -0.39 is 0 Å². The Kier molecular flexibility index (Phi) is 7.74. The number of ether oxygens (including phenoxy) is 2. The average molecular weight is 268 g/mol. The minimum Gasteiger partial charge on any atom is -0.493 e. The van der Waals surface area contributed by atoms with Gasteiger partial charge in [0, 0.05) is 0 Å². The standard InChI is InChI=1S/C15H24O2S/c1-13(2)18-12-8-4-7-11-17-15-10-6-5-9-14(15)16-3/h5-6,9-10,13H,4,7-8,11-12H2,1-3H3. The molecule has 0 saturated carbocycles. The van der Waals surface area contributed by atoms with Gasteiger partial charge in [-0.2, -0.15) is 11.8 Å². The Morgan fingerprint density at radius 2 is 1.78 bits per heavy atom. The highest BCUT2D eigenvalue weighted by atomic mass is 32.2. The second-order valence-electron chi connectivity index (χ2n) is 4.48. The zero-order valence-corrected chi connectivity index (χ0v) is 12.5. The summed E-state index contributed by atoms with van der Waals surface area (Å²) in [5, 5.41) is 0.745. The van der Waals surface area contributed by atoms with E-state index in [0.29, 0.717) is 0 Å². The third kappa shape index (κ3) is 6.20. The van der Waals surface area contributed by atoms with Crippen molar-refractivity contribution in [3.63, 3.8) is 0 Å². The summed E-state index contributed by atoms with van der Waals surface area (Å²) in [6.45, 7) is 5.26. The van der Waals surface area contributed by atoms with Gasteiger partial charge in [-0.05, 0) is 42.4 Å². The van der Waals surface area contributed by atoms with Crippen LogP contribution in [0.1, 0.15) is 33.1 Å². The lowest BCUT2D eigenvalue weighted by molar-refractivity contribution is 0.286. The van der Waals surface area contributed by atoms with Crippen molar-refractivity contribution in [2.45, 2.75) is 38.4 Å². The van der Waals surface area contributed by atoms with Gasteiger partial charge in [-0.1, -0.05) is 26.0 Å². The highest BCUT2D eigenvalue weighted by Gasteiger charge is 2.01. The molecule has 0 aliphatic carbocycles. The highest BCUT2D eigenvalue weighted by molar-refractivity contribution is 7.99. The third-order valence-electron chi connectivity index (χ3n) is 2.57. The van der Waals surface area contributed by atoms with Gasteiger partial charge < -0.3 is 9.47 Å². The zero-order valence-electron chi connectivity index (χ0n) is 11.6. The van der Waals surface area contributed by atoms with Crippen molar-refractivity contribution in [2.24, 2.45) is 0 Å². The molecule has 102 valence electrons. The third-order valence-corrected chi connectivity index (χ3v) is 3.76. The van der Waals surface area contributed by atoms with Crippen molar-refractivity contribution in [3.8, 4) is 11.5 Å². The quantitative estimate of drug-likeness (QED) is 0.619. The fourth-order valence-electron chi connectivity index (χ4n) is 1.62. The first kappa shape index (κ1) is 15.2. The highest BCUT2D eigenvalue weighted by Crippen LogP contribution is 2.25. The second kappa shape index (κ2) is 9.15.